The summed E-state index contributed by atoms with van der Waals surface area (Å²) >= 11 is 11.9. The number of ether oxygens (including phenoxy) is 1. The maximum Gasteiger partial charge on any atom is 0.322 e. The molecule has 3 nitrogen and oxygen atoms in total. The molecule has 0 saturated heterocycles. The first-order valence-corrected chi connectivity index (χ1v) is 8.00. The molecule has 0 amide bonds. The van der Waals surface area contributed by atoms with Crippen LogP contribution in [0.15, 0.2) is 23.1 Å². The van der Waals surface area contributed by atoms with Gasteiger partial charge in [-0.2, -0.15) is 0 Å². The summed E-state index contributed by atoms with van der Waals surface area (Å²) in [4.78, 5) is 12.2. The maximum atomic E-state index is 12.5. The Hall–Kier alpha value is -0.580. The smallest absolute Gasteiger partial charge is 0.322 e. The van der Waals surface area contributed by atoms with Gasteiger partial charge in [-0.25, -0.2) is 0 Å². The summed E-state index contributed by atoms with van der Waals surface area (Å²) in [5.74, 6) is -0.460. The van der Waals surface area contributed by atoms with Crippen LogP contribution in [0.2, 0.25) is 10.0 Å². The van der Waals surface area contributed by atoms with Crippen LogP contribution in [0.25, 0.3) is 0 Å². The van der Waals surface area contributed by atoms with Crippen molar-refractivity contribution in [2.24, 2.45) is 0 Å². The standard InChI is InChI=1S/C13H16Cl2O3S/c1-3-5-11(13(16)18-4-2)19(17)12-8-9(14)6-7-10(12)15/h6-8,11H,3-5H2,1-2H3. The van der Waals surface area contributed by atoms with Gasteiger partial charge in [-0.15, -0.1) is 0 Å². The number of benzene rings is 1. The molecule has 0 aromatic heterocycles. The molecule has 0 aliphatic carbocycles. The number of rotatable bonds is 6. The third-order valence-corrected chi connectivity index (χ3v) is 4.86. The van der Waals surface area contributed by atoms with E-state index in [1.54, 1.807) is 19.1 Å². The lowest BCUT2D eigenvalue weighted by Crippen LogP contribution is -2.28. The van der Waals surface area contributed by atoms with Crippen LogP contribution < -0.4 is 0 Å². The van der Waals surface area contributed by atoms with Gasteiger partial charge in [0.25, 0.3) is 0 Å². The Labute approximate surface area is 125 Å². The summed E-state index contributed by atoms with van der Waals surface area (Å²) in [5, 5.41) is 0.0703. The molecule has 0 N–H and O–H groups in total. The van der Waals surface area contributed by atoms with Gasteiger partial charge in [-0.3, -0.25) is 9.00 Å². The fourth-order valence-electron chi connectivity index (χ4n) is 1.59. The van der Waals surface area contributed by atoms with Gasteiger partial charge in [-0.1, -0.05) is 36.5 Å². The topological polar surface area (TPSA) is 43.4 Å². The van der Waals surface area contributed by atoms with Crippen molar-refractivity contribution in [3.05, 3.63) is 28.2 Å². The Balaban J connectivity index is 3.05. The van der Waals surface area contributed by atoms with E-state index in [4.69, 9.17) is 27.9 Å². The van der Waals surface area contributed by atoms with Gasteiger partial charge in [0.15, 0.2) is 0 Å². The molecule has 0 aliphatic heterocycles. The van der Waals surface area contributed by atoms with Crippen molar-refractivity contribution in [2.45, 2.75) is 36.8 Å². The minimum absolute atomic E-state index is 0.263. The zero-order valence-electron chi connectivity index (χ0n) is 10.8. The molecule has 0 bridgehead atoms. The minimum atomic E-state index is -1.57. The third kappa shape index (κ3) is 4.48. The van der Waals surface area contributed by atoms with Gasteiger partial charge in [0.1, 0.15) is 5.25 Å². The van der Waals surface area contributed by atoms with E-state index >= 15 is 0 Å². The fraction of sp³-hybridized carbons (Fsp3) is 0.462. The second kappa shape index (κ2) is 7.88. The minimum Gasteiger partial charge on any atom is -0.465 e. The largest absolute Gasteiger partial charge is 0.465 e. The highest BCUT2D eigenvalue weighted by molar-refractivity contribution is 7.86. The highest BCUT2D eigenvalue weighted by Crippen LogP contribution is 2.27. The van der Waals surface area contributed by atoms with Gasteiger partial charge in [-0.05, 0) is 31.5 Å². The van der Waals surface area contributed by atoms with E-state index in [2.05, 4.69) is 0 Å². The van der Waals surface area contributed by atoms with E-state index in [1.165, 1.54) is 6.07 Å². The Bertz CT molecular complexity index is 477. The quantitative estimate of drug-likeness (QED) is 0.747. The van der Waals surface area contributed by atoms with E-state index in [1.807, 2.05) is 6.92 Å². The lowest BCUT2D eigenvalue weighted by molar-refractivity contribution is -0.142. The van der Waals surface area contributed by atoms with E-state index < -0.39 is 22.0 Å². The van der Waals surface area contributed by atoms with Crippen LogP contribution in [0.1, 0.15) is 26.7 Å². The average Bonchev–Trinajstić information content (AvgIpc) is 2.38. The predicted octanol–water partition coefficient (Wildman–Crippen LogP) is 3.83. The Morgan fingerprint density at radius 3 is 2.63 bits per heavy atom. The molecule has 1 aromatic rings. The molecule has 1 aromatic carbocycles. The molecule has 0 heterocycles. The molecule has 2 unspecified atom stereocenters. The molecule has 1 rings (SSSR count). The van der Waals surface area contributed by atoms with E-state index in [0.29, 0.717) is 21.4 Å². The van der Waals surface area contributed by atoms with Crippen LogP contribution in [0.5, 0.6) is 0 Å². The second-order valence-electron chi connectivity index (χ2n) is 3.90. The highest BCUT2D eigenvalue weighted by Gasteiger charge is 2.28. The molecular formula is C13H16Cl2O3S. The van der Waals surface area contributed by atoms with Crippen LogP contribution in [0, 0.1) is 0 Å². The lowest BCUT2D eigenvalue weighted by atomic mass is 10.2. The van der Waals surface area contributed by atoms with Crippen LogP contribution >= 0.6 is 23.2 Å². The second-order valence-corrected chi connectivity index (χ2v) is 6.35. The molecule has 19 heavy (non-hydrogen) atoms. The van der Waals surface area contributed by atoms with Gasteiger partial charge >= 0.3 is 5.97 Å². The number of carbonyl (C=O) groups excluding carboxylic acids is 1. The van der Waals surface area contributed by atoms with E-state index in [0.717, 1.165) is 6.42 Å². The van der Waals surface area contributed by atoms with Crippen molar-refractivity contribution in [2.75, 3.05) is 6.61 Å². The van der Waals surface area contributed by atoms with Crippen molar-refractivity contribution >= 4 is 40.0 Å². The molecule has 106 valence electrons. The van der Waals surface area contributed by atoms with Gasteiger partial charge in [0, 0.05) is 5.02 Å². The first-order chi connectivity index (χ1) is 9.01. The first kappa shape index (κ1) is 16.5. The number of halogens is 2. The number of hydrogen-bond donors (Lipinski definition) is 0. The third-order valence-electron chi connectivity index (χ3n) is 2.47. The number of carbonyl (C=O) groups is 1. The number of hydrogen-bond acceptors (Lipinski definition) is 3. The molecular weight excluding hydrogens is 307 g/mol. The summed E-state index contributed by atoms with van der Waals surface area (Å²) in [6.07, 6.45) is 1.21. The Morgan fingerprint density at radius 1 is 1.37 bits per heavy atom. The van der Waals surface area contributed by atoms with Crippen molar-refractivity contribution in [1.82, 2.24) is 0 Å². The lowest BCUT2D eigenvalue weighted by Gasteiger charge is -2.15. The van der Waals surface area contributed by atoms with Gasteiger partial charge < -0.3 is 4.74 Å². The van der Waals surface area contributed by atoms with Crippen molar-refractivity contribution in [1.29, 1.82) is 0 Å². The van der Waals surface area contributed by atoms with Crippen LogP contribution in [-0.4, -0.2) is 22.0 Å². The summed E-state index contributed by atoms with van der Waals surface area (Å²) in [5.41, 5.74) is 0. The average molecular weight is 323 g/mol. The molecule has 0 fully saturated rings. The SMILES string of the molecule is CCCC(C(=O)OCC)S(=O)c1cc(Cl)ccc1Cl. The molecule has 6 heteroatoms. The van der Waals surface area contributed by atoms with Gasteiger partial charge in [0.05, 0.1) is 27.3 Å². The normalized spacial score (nSPS) is 13.9. The predicted molar refractivity (Wildman–Crippen MR) is 78.2 cm³/mol. The monoisotopic (exact) mass is 322 g/mol. The van der Waals surface area contributed by atoms with E-state index in [9.17, 15) is 9.00 Å². The summed E-state index contributed by atoms with van der Waals surface area (Å²) in [6.45, 7) is 3.90. The van der Waals surface area contributed by atoms with Crippen molar-refractivity contribution < 1.29 is 13.7 Å². The van der Waals surface area contributed by atoms with Crippen LogP contribution in [0.3, 0.4) is 0 Å². The molecule has 0 spiro atoms. The van der Waals surface area contributed by atoms with E-state index in [-0.39, 0.29) is 6.61 Å². The zero-order chi connectivity index (χ0) is 14.4. The Morgan fingerprint density at radius 2 is 2.05 bits per heavy atom. The summed E-state index contributed by atoms with van der Waals surface area (Å²) < 4.78 is 17.5. The van der Waals surface area contributed by atoms with Gasteiger partial charge in [0.2, 0.25) is 0 Å². The molecule has 0 radical (unpaired) electrons. The van der Waals surface area contributed by atoms with Crippen LogP contribution in [-0.2, 0) is 20.3 Å². The zero-order valence-corrected chi connectivity index (χ0v) is 13.1. The first-order valence-electron chi connectivity index (χ1n) is 6.03. The highest BCUT2D eigenvalue weighted by atomic mass is 35.5. The molecule has 0 aliphatic rings. The summed E-state index contributed by atoms with van der Waals surface area (Å²) in [7, 11) is -1.57. The maximum absolute atomic E-state index is 12.5. The fourth-order valence-corrected chi connectivity index (χ4v) is 3.68. The molecule has 2 atom stereocenters. The van der Waals surface area contributed by atoms with Crippen molar-refractivity contribution in [3.63, 3.8) is 0 Å². The summed E-state index contributed by atoms with van der Waals surface area (Å²) in [6, 6.07) is 4.72. The number of esters is 1. The Kier molecular flexibility index (Phi) is 6.83. The van der Waals surface area contributed by atoms with Crippen molar-refractivity contribution in [3.8, 4) is 0 Å². The molecule has 0 saturated carbocycles. The van der Waals surface area contributed by atoms with Crippen LogP contribution in [0.4, 0.5) is 0 Å².